The lowest BCUT2D eigenvalue weighted by Crippen LogP contribution is -2.49. The number of carbonyl (C=O) groups excluding carboxylic acids is 1. The summed E-state index contributed by atoms with van der Waals surface area (Å²) >= 11 is 3.41. The quantitative estimate of drug-likeness (QED) is 0.813. The van der Waals surface area contributed by atoms with E-state index in [0.717, 1.165) is 16.6 Å². The first-order chi connectivity index (χ1) is 8.90. The minimum Gasteiger partial charge on any atom is -0.464 e. The molecule has 4 heteroatoms. The third-order valence-electron chi connectivity index (χ3n) is 2.97. The standard InChI is InChI=1S/C15H22BrNO2/c1-5-19-14(18)15(4,17-10-11(2)3)12-6-8-13(16)9-7-12/h6-9,11,17H,5,10H2,1-4H3. The predicted octanol–water partition coefficient (Wildman–Crippen LogP) is 3.47. The summed E-state index contributed by atoms with van der Waals surface area (Å²) in [6.07, 6.45) is 0. The molecule has 0 aliphatic rings. The van der Waals surface area contributed by atoms with Crippen molar-refractivity contribution in [2.24, 2.45) is 5.92 Å². The van der Waals surface area contributed by atoms with Gasteiger partial charge in [-0.2, -0.15) is 0 Å². The van der Waals surface area contributed by atoms with Crippen LogP contribution in [0.5, 0.6) is 0 Å². The van der Waals surface area contributed by atoms with E-state index in [9.17, 15) is 4.79 Å². The monoisotopic (exact) mass is 327 g/mol. The highest BCUT2D eigenvalue weighted by Crippen LogP contribution is 2.24. The van der Waals surface area contributed by atoms with Crippen LogP contribution in [0.4, 0.5) is 0 Å². The molecule has 0 radical (unpaired) electrons. The van der Waals surface area contributed by atoms with E-state index in [0.29, 0.717) is 12.5 Å². The molecule has 19 heavy (non-hydrogen) atoms. The van der Waals surface area contributed by atoms with Crippen LogP contribution in [0, 0.1) is 5.92 Å². The second-order valence-electron chi connectivity index (χ2n) is 5.13. The molecule has 1 rings (SSSR count). The number of benzene rings is 1. The summed E-state index contributed by atoms with van der Waals surface area (Å²) in [6, 6.07) is 7.75. The lowest BCUT2D eigenvalue weighted by Gasteiger charge is -2.30. The normalized spacial score (nSPS) is 14.2. The summed E-state index contributed by atoms with van der Waals surface area (Å²) < 4.78 is 6.20. The van der Waals surface area contributed by atoms with Gasteiger partial charge in [-0.25, -0.2) is 4.79 Å². The maximum absolute atomic E-state index is 12.3. The van der Waals surface area contributed by atoms with Crippen LogP contribution >= 0.6 is 15.9 Å². The second kappa shape index (κ2) is 7.06. The van der Waals surface area contributed by atoms with Crippen LogP contribution in [-0.4, -0.2) is 19.1 Å². The average molecular weight is 328 g/mol. The van der Waals surface area contributed by atoms with E-state index in [2.05, 4.69) is 35.1 Å². The molecule has 0 spiro atoms. The van der Waals surface area contributed by atoms with Crippen LogP contribution in [0.1, 0.15) is 33.3 Å². The van der Waals surface area contributed by atoms with Gasteiger partial charge in [0.2, 0.25) is 0 Å². The second-order valence-corrected chi connectivity index (χ2v) is 6.04. The van der Waals surface area contributed by atoms with Crippen molar-refractivity contribution < 1.29 is 9.53 Å². The zero-order valence-corrected chi connectivity index (χ0v) is 13.6. The van der Waals surface area contributed by atoms with Crippen LogP contribution in [0.15, 0.2) is 28.7 Å². The molecule has 0 bridgehead atoms. The van der Waals surface area contributed by atoms with E-state index in [-0.39, 0.29) is 5.97 Å². The van der Waals surface area contributed by atoms with Gasteiger partial charge in [0.15, 0.2) is 0 Å². The number of halogens is 1. The van der Waals surface area contributed by atoms with E-state index in [4.69, 9.17) is 4.74 Å². The van der Waals surface area contributed by atoms with Crippen LogP contribution in [0.3, 0.4) is 0 Å². The number of carbonyl (C=O) groups is 1. The molecule has 1 unspecified atom stereocenters. The molecule has 0 heterocycles. The summed E-state index contributed by atoms with van der Waals surface area (Å²) in [6.45, 7) is 9.05. The lowest BCUT2D eigenvalue weighted by molar-refractivity contribution is -0.151. The Kier molecular flexibility index (Phi) is 6.01. The molecule has 0 aromatic heterocycles. The lowest BCUT2D eigenvalue weighted by atomic mass is 9.91. The van der Waals surface area contributed by atoms with Crippen molar-refractivity contribution in [2.45, 2.75) is 33.2 Å². The molecule has 0 saturated heterocycles. The maximum atomic E-state index is 12.3. The molecular formula is C15H22BrNO2. The van der Waals surface area contributed by atoms with Crippen molar-refractivity contribution in [1.29, 1.82) is 0 Å². The molecule has 0 fully saturated rings. The Morgan fingerprint density at radius 3 is 2.42 bits per heavy atom. The summed E-state index contributed by atoms with van der Waals surface area (Å²) in [5.41, 5.74) is 0.107. The Hall–Kier alpha value is -0.870. The van der Waals surface area contributed by atoms with Gasteiger partial charge >= 0.3 is 5.97 Å². The number of nitrogens with one attached hydrogen (secondary N) is 1. The fourth-order valence-electron chi connectivity index (χ4n) is 1.76. The van der Waals surface area contributed by atoms with Gasteiger partial charge in [-0.15, -0.1) is 0 Å². The highest BCUT2D eigenvalue weighted by Gasteiger charge is 2.36. The highest BCUT2D eigenvalue weighted by molar-refractivity contribution is 9.10. The number of rotatable bonds is 6. The van der Waals surface area contributed by atoms with Crippen molar-refractivity contribution in [2.75, 3.05) is 13.2 Å². The molecule has 0 amide bonds. The molecule has 1 atom stereocenters. The minimum atomic E-state index is -0.805. The van der Waals surface area contributed by atoms with Crippen LogP contribution < -0.4 is 5.32 Å². The van der Waals surface area contributed by atoms with Gasteiger partial charge in [0.05, 0.1) is 6.61 Å². The summed E-state index contributed by atoms with van der Waals surface area (Å²) in [5.74, 6) is 0.224. The van der Waals surface area contributed by atoms with Crippen molar-refractivity contribution >= 4 is 21.9 Å². The number of esters is 1. The van der Waals surface area contributed by atoms with Gasteiger partial charge in [-0.3, -0.25) is 5.32 Å². The first kappa shape index (κ1) is 16.2. The highest BCUT2D eigenvalue weighted by atomic mass is 79.9. The summed E-state index contributed by atoms with van der Waals surface area (Å²) in [5, 5.41) is 3.33. The van der Waals surface area contributed by atoms with Crippen molar-refractivity contribution in [3.8, 4) is 0 Å². The zero-order valence-electron chi connectivity index (χ0n) is 12.0. The molecule has 0 saturated carbocycles. The molecule has 1 aromatic rings. The van der Waals surface area contributed by atoms with E-state index in [1.165, 1.54) is 0 Å². The van der Waals surface area contributed by atoms with Crippen LogP contribution in [0.25, 0.3) is 0 Å². The van der Waals surface area contributed by atoms with Crippen molar-refractivity contribution in [3.63, 3.8) is 0 Å². The minimum absolute atomic E-state index is 0.238. The molecule has 0 aliphatic carbocycles. The Morgan fingerprint density at radius 1 is 1.37 bits per heavy atom. The molecule has 1 N–H and O–H groups in total. The van der Waals surface area contributed by atoms with Crippen molar-refractivity contribution in [1.82, 2.24) is 5.32 Å². The topological polar surface area (TPSA) is 38.3 Å². The Bertz CT molecular complexity index is 417. The molecule has 1 aromatic carbocycles. The largest absolute Gasteiger partial charge is 0.464 e. The number of hydrogen-bond acceptors (Lipinski definition) is 3. The van der Waals surface area contributed by atoms with E-state index < -0.39 is 5.54 Å². The van der Waals surface area contributed by atoms with Gasteiger partial charge in [-0.1, -0.05) is 41.9 Å². The Balaban J connectivity index is 3.03. The first-order valence-electron chi connectivity index (χ1n) is 6.58. The van der Waals surface area contributed by atoms with Gasteiger partial charge in [-0.05, 0) is 44.0 Å². The van der Waals surface area contributed by atoms with Gasteiger partial charge in [0, 0.05) is 4.47 Å². The maximum Gasteiger partial charge on any atom is 0.330 e. The van der Waals surface area contributed by atoms with Crippen LogP contribution in [0.2, 0.25) is 0 Å². The molecule has 106 valence electrons. The van der Waals surface area contributed by atoms with Crippen molar-refractivity contribution in [3.05, 3.63) is 34.3 Å². The van der Waals surface area contributed by atoms with E-state index in [1.54, 1.807) is 0 Å². The van der Waals surface area contributed by atoms with Gasteiger partial charge in [0.1, 0.15) is 5.54 Å². The fourth-order valence-corrected chi connectivity index (χ4v) is 2.02. The fraction of sp³-hybridized carbons (Fsp3) is 0.533. The average Bonchev–Trinajstić information content (AvgIpc) is 2.37. The smallest absolute Gasteiger partial charge is 0.330 e. The summed E-state index contributed by atoms with van der Waals surface area (Å²) in [4.78, 5) is 12.3. The third kappa shape index (κ3) is 4.32. The molecular weight excluding hydrogens is 306 g/mol. The SMILES string of the molecule is CCOC(=O)C(C)(NCC(C)C)c1ccc(Br)cc1. The van der Waals surface area contributed by atoms with Gasteiger partial charge < -0.3 is 4.74 Å². The third-order valence-corrected chi connectivity index (χ3v) is 3.50. The Labute approximate surface area is 123 Å². The Morgan fingerprint density at radius 2 is 1.95 bits per heavy atom. The predicted molar refractivity (Wildman–Crippen MR) is 81.0 cm³/mol. The summed E-state index contributed by atoms with van der Waals surface area (Å²) in [7, 11) is 0. The first-order valence-corrected chi connectivity index (χ1v) is 7.37. The molecule has 0 aliphatic heterocycles. The van der Waals surface area contributed by atoms with E-state index >= 15 is 0 Å². The number of hydrogen-bond donors (Lipinski definition) is 1. The molecule has 3 nitrogen and oxygen atoms in total. The zero-order chi connectivity index (χ0) is 14.5. The van der Waals surface area contributed by atoms with Gasteiger partial charge in [0.25, 0.3) is 0 Å². The van der Waals surface area contributed by atoms with Crippen LogP contribution in [-0.2, 0) is 15.1 Å². The van der Waals surface area contributed by atoms with E-state index in [1.807, 2.05) is 38.1 Å². The number of ether oxygens (including phenoxy) is 1.